The van der Waals surface area contributed by atoms with Crippen LogP contribution in [0.4, 0.5) is 0 Å². The molecule has 0 N–H and O–H groups in total. The molecule has 0 aliphatic carbocycles. The van der Waals surface area contributed by atoms with Crippen LogP contribution >= 0.6 is 11.3 Å². The minimum absolute atomic E-state index is 0.147. The van der Waals surface area contributed by atoms with Crippen LogP contribution in [0.1, 0.15) is 34.1 Å². The van der Waals surface area contributed by atoms with Gasteiger partial charge in [-0.05, 0) is 37.1 Å². The molecule has 0 spiro atoms. The molecule has 0 saturated carbocycles. The van der Waals surface area contributed by atoms with Gasteiger partial charge in [0, 0.05) is 24.6 Å². The zero-order chi connectivity index (χ0) is 15.6. The van der Waals surface area contributed by atoms with Gasteiger partial charge >= 0.3 is 0 Å². The number of fused-ring (bicyclic) bond motifs is 1. The number of rotatable bonds is 2. The monoisotopic (exact) mass is 322 g/mol. The maximum absolute atomic E-state index is 12.5. The zero-order valence-corrected chi connectivity index (χ0v) is 13.6. The van der Waals surface area contributed by atoms with E-state index in [1.807, 2.05) is 41.3 Å². The van der Waals surface area contributed by atoms with Gasteiger partial charge in [-0.3, -0.25) is 4.79 Å². The van der Waals surface area contributed by atoms with E-state index in [0.717, 1.165) is 37.0 Å². The summed E-state index contributed by atoms with van der Waals surface area (Å²) in [4.78, 5) is 19.2. The highest BCUT2D eigenvalue weighted by Crippen LogP contribution is 2.34. The van der Waals surface area contributed by atoms with Crippen LogP contribution in [0.5, 0.6) is 0 Å². The summed E-state index contributed by atoms with van der Waals surface area (Å²) in [5.74, 6) is 0.626. The molecule has 0 bridgehead atoms. The fraction of sp³-hybridized carbons (Fsp3) is 0.263. The summed E-state index contributed by atoms with van der Waals surface area (Å²) in [5.41, 5.74) is 1.88. The van der Waals surface area contributed by atoms with Crippen molar-refractivity contribution in [2.75, 3.05) is 13.1 Å². The predicted molar refractivity (Wildman–Crippen MR) is 93.9 cm³/mol. The molecule has 1 aliphatic rings. The van der Waals surface area contributed by atoms with Gasteiger partial charge in [-0.15, -0.1) is 11.3 Å². The Morgan fingerprint density at radius 1 is 1.00 bits per heavy atom. The summed E-state index contributed by atoms with van der Waals surface area (Å²) in [6.45, 7) is 1.63. The number of nitrogens with zero attached hydrogens (tertiary/aromatic N) is 2. The van der Waals surface area contributed by atoms with Crippen molar-refractivity contribution in [2.45, 2.75) is 18.8 Å². The van der Waals surface area contributed by atoms with Crippen LogP contribution in [-0.4, -0.2) is 28.9 Å². The number of hydrogen-bond acceptors (Lipinski definition) is 3. The Morgan fingerprint density at radius 2 is 1.70 bits per heavy atom. The number of benzene rings is 2. The summed E-state index contributed by atoms with van der Waals surface area (Å²) in [6.07, 6.45) is 2.00. The highest BCUT2D eigenvalue weighted by Gasteiger charge is 2.26. The normalized spacial score (nSPS) is 15.9. The molecule has 23 heavy (non-hydrogen) atoms. The van der Waals surface area contributed by atoms with E-state index in [1.54, 1.807) is 11.3 Å². The molecule has 0 unspecified atom stereocenters. The van der Waals surface area contributed by atoms with E-state index in [2.05, 4.69) is 18.2 Å². The number of para-hydroxylation sites is 1. The van der Waals surface area contributed by atoms with Crippen molar-refractivity contribution in [3.05, 3.63) is 65.2 Å². The summed E-state index contributed by atoms with van der Waals surface area (Å²) >= 11 is 1.80. The number of aromatic nitrogens is 1. The zero-order valence-electron chi connectivity index (χ0n) is 12.8. The Bertz CT molecular complexity index is 787. The van der Waals surface area contributed by atoms with Gasteiger partial charge in [0.1, 0.15) is 0 Å². The third-order valence-corrected chi connectivity index (χ3v) is 5.66. The summed E-state index contributed by atoms with van der Waals surface area (Å²) in [5, 5.41) is 1.22. The molecule has 4 heteroatoms. The lowest BCUT2D eigenvalue weighted by Gasteiger charge is -2.31. The topological polar surface area (TPSA) is 33.2 Å². The van der Waals surface area contributed by atoms with Crippen LogP contribution in [0, 0.1) is 0 Å². The first-order valence-electron chi connectivity index (χ1n) is 8.01. The molecule has 3 nitrogen and oxygen atoms in total. The van der Waals surface area contributed by atoms with Crippen molar-refractivity contribution in [1.29, 1.82) is 0 Å². The van der Waals surface area contributed by atoms with Gasteiger partial charge < -0.3 is 4.90 Å². The van der Waals surface area contributed by atoms with E-state index < -0.39 is 0 Å². The second-order valence-corrected chi connectivity index (χ2v) is 7.01. The summed E-state index contributed by atoms with van der Waals surface area (Å²) < 4.78 is 1.25. The van der Waals surface area contributed by atoms with Crippen molar-refractivity contribution < 1.29 is 4.79 Å². The number of amides is 1. The Morgan fingerprint density at radius 3 is 2.43 bits per heavy atom. The van der Waals surface area contributed by atoms with E-state index in [-0.39, 0.29) is 5.91 Å². The van der Waals surface area contributed by atoms with Gasteiger partial charge in [0.15, 0.2) is 0 Å². The Kier molecular flexibility index (Phi) is 3.83. The number of carbonyl (C=O) groups is 1. The van der Waals surface area contributed by atoms with Crippen LogP contribution in [-0.2, 0) is 0 Å². The second-order valence-electron chi connectivity index (χ2n) is 5.95. The highest BCUT2D eigenvalue weighted by atomic mass is 32.1. The fourth-order valence-electron chi connectivity index (χ4n) is 3.16. The number of carbonyl (C=O) groups excluding carboxylic acids is 1. The smallest absolute Gasteiger partial charge is 0.253 e. The first kappa shape index (κ1) is 14.4. The summed E-state index contributed by atoms with van der Waals surface area (Å²) in [7, 11) is 0. The van der Waals surface area contributed by atoms with Gasteiger partial charge in [0.2, 0.25) is 0 Å². The Hall–Kier alpha value is -2.20. The van der Waals surface area contributed by atoms with Crippen LogP contribution in [0.2, 0.25) is 0 Å². The number of likely N-dealkylation sites (tertiary alicyclic amines) is 1. The van der Waals surface area contributed by atoms with E-state index >= 15 is 0 Å². The molecule has 1 amide bonds. The van der Waals surface area contributed by atoms with Gasteiger partial charge in [0.05, 0.1) is 15.2 Å². The largest absolute Gasteiger partial charge is 0.339 e. The number of thiazole rings is 1. The van der Waals surface area contributed by atoms with E-state index in [0.29, 0.717) is 5.92 Å². The molecule has 0 atom stereocenters. The molecular weight excluding hydrogens is 304 g/mol. The molecule has 1 saturated heterocycles. The maximum Gasteiger partial charge on any atom is 0.253 e. The van der Waals surface area contributed by atoms with E-state index in [1.165, 1.54) is 9.71 Å². The molecular formula is C19H18N2OS. The van der Waals surface area contributed by atoms with Crippen molar-refractivity contribution >= 4 is 27.5 Å². The van der Waals surface area contributed by atoms with E-state index in [9.17, 15) is 4.79 Å². The first-order chi connectivity index (χ1) is 11.3. The average Bonchev–Trinajstić information content (AvgIpc) is 3.06. The minimum atomic E-state index is 0.147. The number of piperidine rings is 1. The van der Waals surface area contributed by atoms with Crippen molar-refractivity contribution in [1.82, 2.24) is 9.88 Å². The van der Waals surface area contributed by atoms with Crippen LogP contribution < -0.4 is 0 Å². The predicted octanol–water partition coefficient (Wildman–Crippen LogP) is 4.32. The second kappa shape index (κ2) is 6.13. The molecule has 2 aromatic carbocycles. The lowest BCUT2D eigenvalue weighted by Crippen LogP contribution is -2.37. The third kappa shape index (κ3) is 2.86. The van der Waals surface area contributed by atoms with Gasteiger partial charge in [-0.2, -0.15) is 0 Å². The Labute approximate surface area is 139 Å². The first-order valence-corrected chi connectivity index (χ1v) is 8.83. The number of hydrogen-bond donors (Lipinski definition) is 0. The lowest BCUT2D eigenvalue weighted by molar-refractivity contribution is 0.0713. The molecule has 116 valence electrons. The molecule has 4 rings (SSSR count). The van der Waals surface area contributed by atoms with Crippen molar-refractivity contribution in [3.8, 4) is 0 Å². The third-order valence-electron chi connectivity index (χ3n) is 4.46. The standard InChI is InChI=1S/C19H18N2OS/c22-19(15-6-2-1-3-7-15)21-12-10-14(11-13-21)18-20-16-8-4-5-9-17(16)23-18/h1-9,14H,10-13H2. The Balaban J connectivity index is 1.45. The molecule has 2 heterocycles. The fourth-order valence-corrected chi connectivity index (χ4v) is 4.29. The molecule has 1 aromatic heterocycles. The molecule has 1 aliphatic heterocycles. The van der Waals surface area contributed by atoms with Crippen molar-refractivity contribution in [3.63, 3.8) is 0 Å². The van der Waals surface area contributed by atoms with Gasteiger partial charge in [-0.25, -0.2) is 4.98 Å². The molecule has 0 radical (unpaired) electrons. The summed E-state index contributed by atoms with van der Waals surface area (Å²) in [6, 6.07) is 17.9. The van der Waals surface area contributed by atoms with Gasteiger partial charge in [0.25, 0.3) is 5.91 Å². The van der Waals surface area contributed by atoms with E-state index in [4.69, 9.17) is 4.98 Å². The maximum atomic E-state index is 12.5. The van der Waals surface area contributed by atoms with Crippen LogP contribution in [0.25, 0.3) is 10.2 Å². The highest BCUT2D eigenvalue weighted by molar-refractivity contribution is 7.18. The molecule has 3 aromatic rings. The van der Waals surface area contributed by atoms with Crippen LogP contribution in [0.3, 0.4) is 0 Å². The lowest BCUT2D eigenvalue weighted by atomic mass is 9.97. The average molecular weight is 322 g/mol. The van der Waals surface area contributed by atoms with Gasteiger partial charge in [-0.1, -0.05) is 30.3 Å². The van der Waals surface area contributed by atoms with Crippen molar-refractivity contribution in [2.24, 2.45) is 0 Å². The van der Waals surface area contributed by atoms with Crippen LogP contribution in [0.15, 0.2) is 54.6 Å². The SMILES string of the molecule is O=C(c1ccccc1)N1CCC(c2nc3ccccc3s2)CC1. The minimum Gasteiger partial charge on any atom is -0.339 e. The molecule has 1 fully saturated rings. The quantitative estimate of drug-likeness (QED) is 0.704.